The maximum absolute atomic E-state index is 4.93. The van der Waals surface area contributed by atoms with Crippen LogP contribution >= 0.6 is 28.8 Å². The molecule has 0 aromatic heterocycles. The van der Waals surface area contributed by atoms with Gasteiger partial charge >= 0.3 is 37.9 Å². The van der Waals surface area contributed by atoms with Crippen molar-refractivity contribution in [3.63, 3.8) is 0 Å². The van der Waals surface area contributed by atoms with Gasteiger partial charge in [0.25, 0.3) is 0 Å². The average molecular weight is 783 g/mol. The number of fused-ring (bicyclic) bond motifs is 6. The number of halogens is 2. The van der Waals surface area contributed by atoms with Gasteiger partial charge in [0.2, 0.25) is 0 Å². The summed E-state index contributed by atoms with van der Waals surface area (Å²) in [6.45, 7) is 21.2. The summed E-state index contributed by atoms with van der Waals surface area (Å²) in [5.74, 6) is 9.83. The van der Waals surface area contributed by atoms with E-state index in [1.807, 2.05) is 0 Å². The first-order chi connectivity index (χ1) is 20.9. The molecular formula is C41H68Cl2SSiZr. The molecule has 260 valence electrons. The molecule has 6 aliphatic rings. The third kappa shape index (κ3) is 7.16. The van der Waals surface area contributed by atoms with E-state index in [9.17, 15) is 0 Å². The molecule has 0 N–H and O–H groups in total. The Bertz CT molecular complexity index is 1120. The van der Waals surface area contributed by atoms with E-state index in [1.165, 1.54) is 50.5 Å². The predicted octanol–water partition coefficient (Wildman–Crippen LogP) is 13.9. The van der Waals surface area contributed by atoms with Crippen LogP contribution in [-0.2, 0) is 26.3 Å². The van der Waals surface area contributed by atoms with E-state index in [0.717, 1.165) is 80.8 Å². The molecule has 0 amide bonds. The van der Waals surface area contributed by atoms with Crippen LogP contribution in [0, 0.1) is 68.1 Å². The van der Waals surface area contributed by atoms with Gasteiger partial charge in [-0.15, -0.1) is 0 Å². The molecular weight excluding hydrogens is 715 g/mol. The summed E-state index contributed by atoms with van der Waals surface area (Å²) < 4.78 is 0. The number of hydrogen-bond acceptors (Lipinski definition) is 1. The van der Waals surface area contributed by atoms with Gasteiger partial charge in [-0.3, -0.25) is 0 Å². The van der Waals surface area contributed by atoms with E-state index in [0.29, 0.717) is 0 Å². The summed E-state index contributed by atoms with van der Waals surface area (Å²) in [6.07, 6.45) is 15.2. The molecule has 0 nitrogen and oxygen atoms in total. The molecule has 0 bridgehead atoms. The zero-order valence-electron chi connectivity index (χ0n) is 31.1. The standard InChI is InChI=1S/C39H62SSi.2CH3.2ClH.Zr/c1-23-22-32-28(26-16-18-27(19-17-26)39(4,5)6)13-11-14-29(32)37(23)41(7,8)38-25(3)24(2)35-31(38)20-21-34-36(35)30-12-9-10-15-33(30)40-34;;;;;/h16-19,23-25,28-38H,9-15,20-22H2,1-8H3;2*1H3;2*1H;/q;2*-1;;;+4/p-2. The van der Waals surface area contributed by atoms with Gasteiger partial charge in [-0.1, -0.05) is 105 Å². The Balaban J connectivity index is 0.000000926. The van der Waals surface area contributed by atoms with Gasteiger partial charge in [-0.2, -0.15) is 11.8 Å². The van der Waals surface area contributed by atoms with Gasteiger partial charge in [-0.05, 0) is 125 Å². The zero-order chi connectivity index (χ0) is 31.6. The Hall–Kier alpha value is 1.25. The zero-order valence-corrected chi connectivity index (χ0v) is 36.9. The fourth-order valence-electron chi connectivity index (χ4n) is 13.6. The van der Waals surface area contributed by atoms with E-state index < -0.39 is 28.9 Å². The quantitative estimate of drug-likeness (QED) is 0.217. The number of benzene rings is 1. The molecule has 0 radical (unpaired) electrons. The van der Waals surface area contributed by atoms with Gasteiger partial charge in [-0.25, -0.2) is 0 Å². The molecule has 5 aliphatic carbocycles. The van der Waals surface area contributed by atoms with Gasteiger partial charge in [0.05, 0.1) is 8.07 Å². The minimum absolute atomic E-state index is 0. The molecule has 14 unspecified atom stereocenters. The van der Waals surface area contributed by atoms with Crippen LogP contribution in [0.3, 0.4) is 0 Å². The van der Waals surface area contributed by atoms with E-state index in [4.69, 9.17) is 17.0 Å². The van der Waals surface area contributed by atoms with Crippen molar-refractivity contribution in [1.29, 1.82) is 0 Å². The van der Waals surface area contributed by atoms with Crippen LogP contribution in [0.5, 0.6) is 0 Å². The third-order valence-corrected chi connectivity index (χ3v) is 22.2. The molecule has 1 saturated heterocycles. The molecule has 46 heavy (non-hydrogen) atoms. The third-order valence-electron chi connectivity index (χ3n) is 15.0. The molecule has 14 atom stereocenters. The molecule has 5 heteroatoms. The van der Waals surface area contributed by atoms with Crippen molar-refractivity contribution < 1.29 is 20.8 Å². The molecule has 7 rings (SSSR count). The van der Waals surface area contributed by atoms with E-state index in [2.05, 4.69) is 90.7 Å². The van der Waals surface area contributed by atoms with Crippen molar-refractivity contribution in [2.75, 3.05) is 0 Å². The molecule has 5 saturated carbocycles. The fourth-order valence-corrected chi connectivity index (χ4v) is 22.5. The Labute approximate surface area is 310 Å². The van der Waals surface area contributed by atoms with E-state index in [1.54, 1.807) is 24.8 Å². The first kappa shape index (κ1) is 40.0. The topological polar surface area (TPSA) is 0 Å². The van der Waals surface area contributed by atoms with Crippen LogP contribution in [-0.4, -0.2) is 18.6 Å². The average Bonchev–Trinajstić information content (AvgIpc) is 3.61. The molecule has 1 aromatic rings. The fraction of sp³-hybridized carbons (Fsp3) is 0.805. The van der Waals surface area contributed by atoms with Crippen LogP contribution in [0.25, 0.3) is 0 Å². The number of rotatable bonds is 3. The first-order valence-electron chi connectivity index (χ1n) is 18.6. The second-order valence-electron chi connectivity index (χ2n) is 18.2. The summed E-state index contributed by atoms with van der Waals surface area (Å²) in [5, 5.41) is 2.04. The Morgan fingerprint density at radius 3 is 1.98 bits per heavy atom. The van der Waals surface area contributed by atoms with E-state index >= 15 is 0 Å². The number of hydrogen-bond donors (Lipinski definition) is 0. The molecule has 1 aliphatic heterocycles. The summed E-state index contributed by atoms with van der Waals surface area (Å²) in [7, 11) is 8.39. The molecule has 1 aromatic carbocycles. The van der Waals surface area contributed by atoms with Crippen molar-refractivity contribution in [1.82, 2.24) is 0 Å². The first-order valence-corrected chi connectivity index (χ1v) is 29.0. The van der Waals surface area contributed by atoms with Crippen LogP contribution in [0.2, 0.25) is 24.2 Å². The maximum atomic E-state index is 4.93. The van der Waals surface area contributed by atoms with Crippen LogP contribution in [0.15, 0.2) is 24.3 Å². The van der Waals surface area contributed by atoms with Gasteiger partial charge in [0, 0.05) is 10.5 Å². The van der Waals surface area contributed by atoms with Crippen molar-refractivity contribution in [3.8, 4) is 0 Å². The molecule has 1 heterocycles. The number of thioether (sulfide) groups is 1. The van der Waals surface area contributed by atoms with Crippen LogP contribution < -0.4 is 0 Å². The van der Waals surface area contributed by atoms with E-state index in [-0.39, 0.29) is 20.3 Å². The Kier molecular flexibility index (Phi) is 13.8. The summed E-state index contributed by atoms with van der Waals surface area (Å²) in [4.78, 5) is 0. The second kappa shape index (κ2) is 15.9. The normalized spacial score (nSPS) is 42.9. The van der Waals surface area contributed by atoms with Gasteiger partial charge < -0.3 is 14.9 Å². The van der Waals surface area contributed by atoms with Gasteiger partial charge in [0.1, 0.15) is 0 Å². The van der Waals surface area contributed by atoms with Crippen molar-refractivity contribution in [2.24, 2.45) is 53.3 Å². The van der Waals surface area contributed by atoms with Crippen molar-refractivity contribution in [2.45, 2.75) is 152 Å². The molecule has 0 spiro atoms. The second-order valence-corrected chi connectivity index (χ2v) is 28.4. The summed E-state index contributed by atoms with van der Waals surface area (Å²) in [6, 6.07) is 10.00. The summed E-state index contributed by atoms with van der Waals surface area (Å²) >= 11 is 1.67. The Morgan fingerprint density at radius 1 is 0.696 bits per heavy atom. The summed E-state index contributed by atoms with van der Waals surface area (Å²) in [5.41, 5.74) is 5.52. The predicted molar refractivity (Wildman–Crippen MR) is 207 cm³/mol. The monoisotopic (exact) mass is 780 g/mol. The van der Waals surface area contributed by atoms with Crippen LogP contribution in [0.4, 0.5) is 0 Å². The van der Waals surface area contributed by atoms with Crippen molar-refractivity contribution >= 4 is 36.9 Å². The minimum atomic E-state index is -1.48. The van der Waals surface area contributed by atoms with Crippen molar-refractivity contribution in [3.05, 3.63) is 50.2 Å². The van der Waals surface area contributed by atoms with Gasteiger partial charge in [0.15, 0.2) is 0 Å². The van der Waals surface area contributed by atoms with Crippen LogP contribution in [0.1, 0.15) is 123 Å². The molecule has 6 fully saturated rings. The Morgan fingerprint density at radius 2 is 1.33 bits per heavy atom. The SMILES string of the molecule is CC1CC2C(c3ccc(C(C)(C)C)cc3)CCCC2C1[Si](C)(C)C1C(C)C(C)C2C1CCC1SC3CCCCC3C12.[CH3-].[CH3-].[Cl][Zr+2][Cl].